The van der Waals surface area contributed by atoms with Crippen molar-refractivity contribution < 1.29 is 19.1 Å². The Labute approximate surface area is 151 Å². The highest BCUT2D eigenvalue weighted by atomic mass is 35.5. The molecule has 9 heteroatoms. The van der Waals surface area contributed by atoms with Gasteiger partial charge in [-0.1, -0.05) is 29.3 Å². The molecule has 3 N–H and O–H groups in total. The number of hydrogen-bond donors (Lipinski definition) is 3. The second-order valence-corrected chi connectivity index (χ2v) is 5.79. The lowest BCUT2D eigenvalue weighted by atomic mass is 10.2. The fourth-order valence-electron chi connectivity index (χ4n) is 1.82. The number of carboxylic acids is 1. The molecule has 2 aromatic carbocycles. The molecular weight excluding hydrogens is 378 g/mol. The van der Waals surface area contributed by atoms with Crippen molar-refractivity contribution >= 4 is 58.1 Å². The van der Waals surface area contributed by atoms with Crippen LogP contribution < -0.4 is 10.6 Å². The molecule has 0 aliphatic carbocycles. The van der Waals surface area contributed by atoms with Crippen LogP contribution in [0.25, 0.3) is 0 Å². The van der Waals surface area contributed by atoms with E-state index >= 15 is 0 Å². The molecule has 0 saturated heterocycles. The van der Waals surface area contributed by atoms with Gasteiger partial charge >= 0.3 is 5.97 Å². The fraction of sp³-hybridized carbons (Fsp3) is 0. The molecule has 0 fully saturated rings. The number of aromatic carboxylic acids is 1. The van der Waals surface area contributed by atoms with E-state index in [9.17, 15) is 19.1 Å². The molecule has 0 saturated carbocycles. The first-order valence-corrected chi connectivity index (χ1v) is 7.54. The summed E-state index contributed by atoms with van der Waals surface area (Å²) in [6.07, 6.45) is 0. The van der Waals surface area contributed by atoms with Gasteiger partial charge in [0.25, 0.3) is 5.91 Å². The number of hydrogen-bond acceptors (Lipinski definition) is 3. The number of carbonyl (C=O) groups excluding carboxylic acids is 1. The zero-order chi connectivity index (χ0) is 17.9. The van der Waals surface area contributed by atoms with Crippen LogP contribution in [0.5, 0.6) is 0 Å². The Bertz CT molecular complexity index is 845. The summed E-state index contributed by atoms with van der Waals surface area (Å²) in [4.78, 5) is 23.2. The van der Waals surface area contributed by atoms with Gasteiger partial charge in [0, 0.05) is 10.6 Å². The third-order valence-corrected chi connectivity index (χ3v) is 3.56. The average molecular weight is 387 g/mol. The lowest BCUT2D eigenvalue weighted by molar-refractivity contribution is 0.0697. The number of carbonyl (C=O) groups is 2. The van der Waals surface area contributed by atoms with Crippen molar-refractivity contribution in [2.24, 2.45) is 0 Å². The molecule has 0 heterocycles. The zero-order valence-corrected chi connectivity index (χ0v) is 14.1. The maximum Gasteiger partial charge on any atom is 0.337 e. The number of rotatable bonds is 3. The number of carboxylic acid groups (broad SMARTS) is 1. The summed E-state index contributed by atoms with van der Waals surface area (Å²) in [6, 6.07) is 7.53. The van der Waals surface area contributed by atoms with Gasteiger partial charge in [0.1, 0.15) is 5.82 Å². The van der Waals surface area contributed by atoms with Gasteiger partial charge in [0.15, 0.2) is 5.11 Å². The topological polar surface area (TPSA) is 78.4 Å². The van der Waals surface area contributed by atoms with Gasteiger partial charge in [-0.05, 0) is 42.5 Å². The SMILES string of the molecule is O=C(NC(=S)Nc1c(Cl)cc(Cl)cc1C(=O)O)c1cccc(F)c1. The zero-order valence-electron chi connectivity index (χ0n) is 11.8. The van der Waals surface area contributed by atoms with E-state index in [1.165, 1.54) is 30.3 Å². The van der Waals surface area contributed by atoms with E-state index in [2.05, 4.69) is 10.6 Å². The van der Waals surface area contributed by atoms with Gasteiger partial charge in [-0.2, -0.15) is 0 Å². The number of anilines is 1. The maximum atomic E-state index is 13.1. The second-order valence-electron chi connectivity index (χ2n) is 4.53. The Morgan fingerprint density at radius 1 is 1.17 bits per heavy atom. The molecule has 1 amide bonds. The summed E-state index contributed by atoms with van der Waals surface area (Å²) in [7, 11) is 0. The molecule has 0 spiro atoms. The molecule has 0 aliphatic rings. The normalized spacial score (nSPS) is 10.1. The van der Waals surface area contributed by atoms with E-state index in [4.69, 9.17) is 35.4 Å². The van der Waals surface area contributed by atoms with Crippen LogP contribution in [0, 0.1) is 5.82 Å². The van der Waals surface area contributed by atoms with Gasteiger partial charge in [-0.3, -0.25) is 10.1 Å². The third-order valence-electron chi connectivity index (χ3n) is 2.84. The number of nitrogens with one attached hydrogen (secondary N) is 2. The molecule has 0 unspecified atom stereocenters. The van der Waals surface area contributed by atoms with Crippen molar-refractivity contribution in [3.63, 3.8) is 0 Å². The van der Waals surface area contributed by atoms with Crippen LogP contribution in [0.2, 0.25) is 10.0 Å². The molecular formula is C15H9Cl2FN2O3S. The standard InChI is InChI=1S/C15H9Cl2FN2O3S/c16-8-5-10(14(22)23)12(11(17)6-8)19-15(24)20-13(21)7-2-1-3-9(18)4-7/h1-6H,(H,22,23)(H2,19,20,21,24). The summed E-state index contributed by atoms with van der Waals surface area (Å²) in [6.45, 7) is 0. The quantitative estimate of drug-likeness (QED) is 0.695. The van der Waals surface area contributed by atoms with Crippen molar-refractivity contribution in [1.29, 1.82) is 0 Å². The minimum absolute atomic E-state index is 0.0156. The van der Waals surface area contributed by atoms with Crippen LogP contribution in [0.3, 0.4) is 0 Å². The van der Waals surface area contributed by atoms with E-state index in [1.807, 2.05) is 0 Å². The first kappa shape index (κ1) is 18.1. The third kappa shape index (κ3) is 4.41. The van der Waals surface area contributed by atoms with E-state index < -0.39 is 17.7 Å². The summed E-state index contributed by atoms with van der Waals surface area (Å²) < 4.78 is 13.1. The van der Waals surface area contributed by atoms with Gasteiger partial charge < -0.3 is 10.4 Å². The fourth-order valence-corrected chi connectivity index (χ4v) is 2.55. The Kier molecular flexibility index (Phi) is 5.71. The monoisotopic (exact) mass is 386 g/mol. The van der Waals surface area contributed by atoms with Crippen LogP contribution in [0.1, 0.15) is 20.7 Å². The molecule has 24 heavy (non-hydrogen) atoms. The van der Waals surface area contributed by atoms with Gasteiger partial charge in [0.05, 0.1) is 16.3 Å². The molecule has 5 nitrogen and oxygen atoms in total. The van der Waals surface area contributed by atoms with Crippen LogP contribution >= 0.6 is 35.4 Å². The Hall–Kier alpha value is -2.22. The second kappa shape index (κ2) is 7.57. The van der Waals surface area contributed by atoms with Crippen LogP contribution in [0.4, 0.5) is 10.1 Å². The first-order valence-electron chi connectivity index (χ1n) is 6.38. The van der Waals surface area contributed by atoms with Crippen molar-refractivity contribution in [3.8, 4) is 0 Å². The predicted molar refractivity (Wildman–Crippen MR) is 93.5 cm³/mol. The first-order chi connectivity index (χ1) is 11.3. The van der Waals surface area contributed by atoms with E-state index in [1.54, 1.807) is 0 Å². The lowest BCUT2D eigenvalue weighted by Crippen LogP contribution is -2.34. The largest absolute Gasteiger partial charge is 0.478 e. The number of halogens is 3. The number of benzene rings is 2. The van der Waals surface area contributed by atoms with Crippen LogP contribution in [-0.2, 0) is 0 Å². The number of amides is 1. The number of thiocarbonyl (C=S) groups is 1. The van der Waals surface area contributed by atoms with Crippen molar-refractivity contribution in [1.82, 2.24) is 5.32 Å². The van der Waals surface area contributed by atoms with Gasteiger partial charge in [-0.25, -0.2) is 9.18 Å². The Balaban J connectivity index is 2.18. The molecule has 0 radical (unpaired) electrons. The lowest BCUT2D eigenvalue weighted by Gasteiger charge is -2.13. The van der Waals surface area contributed by atoms with Crippen LogP contribution in [-0.4, -0.2) is 22.1 Å². The van der Waals surface area contributed by atoms with Crippen molar-refractivity contribution in [2.75, 3.05) is 5.32 Å². The minimum atomic E-state index is -1.28. The molecule has 124 valence electrons. The highest BCUT2D eigenvalue weighted by Gasteiger charge is 2.17. The average Bonchev–Trinajstić information content (AvgIpc) is 2.49. The van der Waals surface area contributed by atoms with Crippen molar-refractivity contribution in [2.45, 2.75) is 0 Å². The van der Waals surface area contributed by atoms with E-state index in [0.717, 1.165) is 6.07 Å². The molecule has 0 aromatic heterocycles. The minimum Gasteiger partial charge on any atom is -0.478 e. The smallest absolute Gasteiger partial charge is 0.337 e. The molecule has 2 aromatic rings. The summed E-state index contributed by atoms with van der Waals surface area (Å²) in [5.41, 5.74) is -0.173. The molecule has 2 rings (SSSR count). The molecule has 0 atom stereocenters. The maximum absolute atomic E-state index is 13.1. The summed E-state index contributed by atoms with van der Waals surface area (Å²) in [5.74, 6) is -2.51. The Morgan fingerprint density at radius 3 is 2.50 bits per heavy atom. The van der Waals surface area contributed by atoms with E-state index in [0.29, 0.717) is 0 Å². The van der Waals surface area contributed by atoms with Crippen LogP contribution in [0.15, 0.2) is 36.4 Å². The van der Waals surface area contributed by atoms with Gasteiger partial charge in [-0.15, -0.1) is 0 Å². The van der Waals surface area contributed by atoms with Gasteiger partial charge in [0.2, 0.25) is 0 Å². The highest BCUT2D eigenvalue weighted by molar-refractivity contribution is 7.80. The Morgan fingerprint density at radius 2 is 1.88 bits per heavy atom. The highest BCUT2D eigenvalue weighted by Crippen LogP contribution is 2.30. The molecule has 0 aliphatic heterocycles. The molecule has 0 bridgehead atoms. The summed E-state index contributed by atoms with van der Waals surface area (Å²) >= 11 is 16.7. The predicted octanol–water partition coefficient (Wildman–Crippen LogP) is 3.96. The van der Waals surface area contributed by atoms with Crippen molar-refractivity contribution in [3.05, 3.63) is 63.4 Å². The summed E-state index contributed by atoms with van der Waals surface area (Å²) in [5, 5.41) is 14.0. The van der Waals surface area contributed by atoms with E-state index in [-0.39, 0.29) is 32.0 Å².